The fraction of sp³-hybridized carbons (Fsp3) is 0.0769. The highest BCUT2D eigenvalue weighted by Crippen LogP contribution is 2.38. The SMILES string of the molecule is Nc1ccc(O)c(-c2ccc3c(c2)OCO3)c1. The molecule has 0 unspecified atom stereocenters. The molecule has 17 heavy (non-hydrogen) atoms. The van der Waals surface area contributed by atoms with E-state index in [4.69, 9.17) is 15.2 Å². The standard InChI is InChI=1S/C13H11NO3/c14-9-2-3-11(15)10(6-9)8-1-4-12-13(5-8)17-7-16-12/h1-6,15H,7,14H2. The minimum absolute atomic E-state index is 0.193. The first-order valence-corrected chi connectivity index (χ1v) is 5.22. The van der Waals surface area contributed by atoms with E-state index in [1.54, 1.807) is 18.2 Å². The quantitative estimate of drug-likeness (QED) is 0.582. The second-order valence-electron chi connectivity index (χ2n) is 3.84. The number of fused-ring (bicyclic) bond motifs is 1. The molecule has 4 heteroatoms. The zero-order valence-corrected chi connectivity index (χ0v) is 9.01. The van der Waals surface area contributed by atoms with Crippen LogP contribution in [0.5, 0.6) is 17.2 Å². The summed E-state index contributed by atoms with van der Waals surface area (Å²) in [5, 5.41) is 9.81. The normalized spacial score (nSPS) is 12.7. The maximum absolute atomic E-state index is 9.81. The van der Waals surface area contributed by atoms with E-state index < -0.39 is 0 Å². The molecule has 0 spiro atoms. The van der Waals surface area contributed by atoms with Crippen LogP contribution in [0.4, 0.5) is 5.69 Å². The van der Waals surface area contributed by atoms with Gasteiger partial charge in [0.05, 0.1) is 0 Å². The van der Waals surface area contributed by atoms with E-state index in [1.165, 1.54) is 0 Å². The maximum atomic E-state index is 9.81. The number of benzene rings is 2. The average Bonchev–Trinajstić information content (AvgIpc) is 2.79. The first kappa shape index (κ1) is 9.84. The molecule has 0 bridgehead atoms. The van der Waals surface area contributed by atoms with Crippen LogP contribution in [0.15, 0.2) is 36.4 Å². The summed E-state index contributed by atoms with van der Waals surface area (Å²) >= 11 is 0. The van der Waals surface area contributed by atoms with Gasteiger partial charge in [0.2, 0.25) is 6.79 Å². The van der Waals surface area contributed by atoms with E-state index in [-0.39, 0.29) is 12.5 Å². The molecule has 3 N–H and O–H groups in total. The maximum Gasteiger partial charge on any atom is 0.231 e. The van der Waals surface area contributed by atoms with E-state index in [2.05, 4.69) is 0 Å². The van der Waals surface area contributed by atoms with Gasteiger partial charge in [0.15, 0.2) is 11.5 Å². The van der Waals surface area contributed by atoms with Gasteiger partial charge in [0, 0.05) is 11.3 Å². The molecule has 2 aromatic rings. The van der Waals surface area contributed by atoms with Crippen LogP contribution in [0, 0.1) is 0 Å². The molecule has 0 saturated carbocycles. The number of rotatable bonds is 1. The predicted octanol–water partition coefficient (Wildman–Crippen LogP) is 2.37. The van der Waals surface area contributed by atoms with Gasteiger partial charge in [-0.15, -0.1) is 0 Å². The Hall–Kier alpha value is -2.36. The Kier molecular flexibility index (Phi) is 2.08. The predicted molar refractivity (Wildman–Crippen MR) is 64.1 cm³/mol. The monoisotopic (exact) mass is 229 g/mol. The number of nitrogen functional groups attached to an aromatic ring is 1. The van der Waals surface area contributed by atoms with Crippen molar-refractivity contribution in [1.82, 2.24) is 0 Å². The molecule has 0 radical (unpaired) electrons. The summed E-state index contributed by atoms with van der Waals surface area (Å²) in [4.78, 5) is 0. The van der Waals surface area contributed by atoms with Crippen LogP contribution in [-0.2, 0) is 0 Å². The molecule has 1 aliphatic heterocycles. The molecule has 1 aliphatic rings. The van der Waals surface area contributed by atoms with Gasteiger partial charge in [0.1, 0.15) is 5.75 Å². The molecule has 0 amide bonds. The van der Waals surface area contributed by atoms with Crippen molar-refractivity contribution in [3.8, 4) is 28.4 Å². The smallest absolute Gasteiger partial charge is 0.231 e. The lowest BCUT2D eigenvalue weighted by Gasteiger charge is -2.06. The second kappa shape index (κ2) is 3.59. The number of nitrogens with two attached hydrogens (primary N) is 1. The zero-order valence-electron chi connectivity index (χ0n) is 9.01. The Bertz CT molecular complexity index is 581. The van der Waals surface area contributed by atoms with Crippen LogP contribution in [0.2, 0.25) is 0 Å². The zero-order chi connectivity index (χ0) is 11.8. The van der Waals surface area contributed by atoms with Crippen molar-refractivity contribution in [3.05, 3.63) is 36.4 Å². The highest BCUT2D eigenvalue weighted by Gasteiger charge is 2.15. The Morgan fingerprint density at radius 1 is 1.00 bits per heavy atom. The molecule has 0 aromatic heterocycles. The van der Waals surface area contributed by atoms with E-state index in [0.29, 0.717) is 17.0 Å². The fourth-order valence-electron chi connectivity index (χ4n) is 1.85. The van der Waals surface area contributed by atoms with E-state index in [0.717, 1.165) is 11.3 Å². The van der Waals surface area contributed by atoms with Gasteiger partial charge in [-0.1, -0.05) is 6.07 Å². The lowest BCUT2D eigenvalue weighted by atomic mass is 10.0. The Balaban J connectivity index is 2.12. The van der Waals surface area contributed by atoms with Crippen molar-refractivity contribution in [2.45, 2.75) is 0 Å². The van der Waals surface area contributed by atoms with Crippen molar-refractivity contribution in [1.29, 1.82) is 0 Å². The highest BCUT2D eigenvalue weighted by molar-refractivity contribution is 5.75. The van der Waals surface area contributed by atoms with E-state index >= 15 is 0 Å². The molecular weight excluding hydrogens is 218 g/mol. The molecule has 2 aromatic carbocycles. The van der Waals surface area contributed by atoms with Crippen LogP contribution in [-0.4, -0.2) is 11.9 Å². The molecule has 4 nitrogen and oxygen atoms in total. The van der Waals surface area contributed by atoms with E-state index in [1.807, 2.05) is 18.2 Å². The van der Waals surface area contributed by atoms with Gasteiger partial charge in [-0.25, -0.2) is 0 Å². The van der Waals surface area contributed by atoms with Gasteiger partial charge in [-0.05, 0) is 35.9 Å². The highest BCUT2D eigenvalue weighted by atomic mass is 16.7. The van der Waals surface area contributed by atoms with Crippen molar-refractivity contribution in [2.24, 2.45) is 0 Å². The summed E-state index contributed by atoms with van der Waals surface area (Å²) in [6.07, 6.45) is 0. The number of hydrogen-bond donors (Lipinski definition) is 2. The molecule has 3 rings (SSSR count). The fourth-order valence-corrected chi connectivity index (χ4v) is 1.85. The molecule has 1 heterocycles. The van der Waals surface area contributed by atoms with Crippen LogP contribution in [0.1, 0.15) is 0 Å². The van der Waals surface area contributed by atoms with Crippen molar-refractivity contribution < 1.29 is 14.6 Å². The summed E-state index contributed by atoms with van der Waals surface area (Å²) in [7, 11) is 0. The van der Waals surface area contributed by atoms with Gasteiger partial charge in [-0.2, -0.15) is 0 Å². The molecule has 0 saturated heterocycles. The summed E-state index contributed by atoms with van der Waals surface area (Å²) in [5.41, 5.74) is 7.85. The topological polar surface area (TPSA) is 64.7 Å². The van der Waals surface area contributed by atoms with Gasteiger partial charge < -0.3 is 20.3 Å². The largest absolute Gasteiger partial charge is 0.507 e. The third kappa shape index (κ3) is 1.63. The van der Waals surface area contributed by atoms with Crippen molar-refractivity contribution >= 4 is 5.69 Å². The summed E-state index contributed by atoms with van der Waals surface area (Å²) in [6.45, 7) is 0.238. The van der Waals surface area contributed by atoms with Gasteiger partial charge in [0.25, 0.3) is 0 Å². The molecule has 0 atom stereocenters. The van der Waals surface area contributed by atoms with E-state index in [9.17, 15) is 5.11 Å². The molecule has 0 fully saturated rings. The Morgan fingerprint density at radius 2 is 1.82 bits per heavy atom. The third-order valence-corrected chi connectivity index (χ3v) is 2.70. The summed E-state index contributed by atoms with van der Waals surface area (Å²) < 4.78 is 10.5. The number of phenols is 1. The lowest BCUT2D eigenvalue weighted by molar-refractivity contribution is 0.174. The third-order valence-electron chi connectivity index (χ3n) is 2.70. The number of ether oxygens (including phenoxy) is 2. The molecular formula is C13H11NO3. The Morgan fingerprint density at radius 3 is 2.71 bits per heavy atom. The van der Waals surface area contributed by atoms with Crippen LogP contribution in [0.3, 0.4) is 0 Å². The summed E-state index contributed by atoms with van der Waals surface area (Å²) in [6, 6.07) is 10.5. The average molecular weight is 229 g/mol. The van der Waals surface area contributed by atoms with Gasteiger partial charge in [-0.3, -0.25) is 0 Å². The summed E-state index contributed by atoms with van der Waals surface area (Å²) in [5.74, 6) is 1.60. The van der Waals surface area contributed by atoms with Crippen LogP contribution < -0.4 is 15.2 Å². The van der Waals surface area contributed by atoms with Crippen molar-refractivity contribution in [2.75, 3.05) is 12.5 Å². The Labute approximate surface area is 98.2 Å². The van der Waals surface area contributed by atoms with Crippen molar-refractivity contribution in [3.63, 3.8) is 0 Å². The number of aromatic hydroxyl groups is 1. The first-order chi connectivity index (χ1) is 8.24. The lowest BCUT2D eigenvalue weighted by Crippen LogP contribution is -1.92. The number of anilines is 1. The van der Waals surface area contributed by atoms with Crippen LogP contribution in [0.25, 0.3) is 11.1 Å². The van der Waals surface area contributed by atoms with Crippen LogP contribution >= 0.6 is 0 Å². The second-order valence-corrected chi connectivity index (χ2v) is 3.84. The minimum Gasteiger partial charge on any atom is -0.507 e. The number of hydrogen-bond acceptors (Lipinski definition) is 4. The van der Waals surface area contributed by atoms with Gasteiger partial charge >= 0.3 is 0 Å². The molecule has 86 valence electrons. The number of phenolic OH excluding ortho intramolecular Hbond substituents is 1. The first-order valence-electron chi connectivity index (χ1n) is 5.22. The molecule has 0 aliphatic carbocycles. The minimum atomic E-state index is 0.193.